The highest BCUT2D eigenvalue weighted by Crippen LogP contribution is 2.24. The lowest BCUT2D eigenvalue weighted by molar-refractivity contribution is -0.136. The molecular formula is C12H12F3N. The molecule has 1 heterocycles. The Hall–Kier alpha value is -1.45. The van der Waals surface area contributed by atoms with Gasteiger partial charge in [0.15, 0.2) is 0 Å². The average molecular weight is 227 g/mol. The molecule has 0 saturated carbocycles. The third-order valence-corrected chi connectivity index (χ3v) is 2.67. The molecule has 0 aliphatic heterocycles. The van der Waals surface area contributed by atoms with E-state index in [0.717, 1.165) is 16.5 Å². The summed E-state index contributed by atoms with van der Waals surface area (Å²) in [6.45, 7) is 1.94. The largest absolute Gasteiger partial charge is 0.390 e. The van der Waals surface area contributed by atoms with Gasteiger partial charge in [0.1, 0.15) is 0 Å². The summed E-state index contributed by atoms with van der Waals surface area (Å²) in [5, 5.41) is 1.02. The smallest absolute Gasteiger partial charge is 0.347 e. The van der Waals surface area contributed by atoms with E-state index in [1.54, 1.807) is 10.8 Å². The van der Waals surface area contributed by atoms with Crippen LogP contribution in [-0.4, -0.2) is 10.7 Å². The van der Waals surface area contributed by atoms with Gasteiger partial charge in [0.2, 0.25) is 0 Å². The van der Waals surface area contributed by atoms with Crippen molar-refractivity contribution in [3.8, 4) is 0 Å². The zero-order valence-electron chi connectivity index (χ0n) is 8.88. The summed E-state index contributed by atoms with van der Waals surface area (Å²) in [4.78, 5) is 0. The molecule has 0 radical (unpaired) electrons. The number of nitrogens with zero attached hydrogens (tertiary/aromatic N) is 1. The number of hydrogen-bond donors (Lipinski definition) is 0. The number of aromatic nitrogens is 1. The van der Waals surface area contributed by atoms with Gasteiger partial charge >= 0.3 is 6.18 Å². The molecule has 0 amide bonds. The van der Waals surface area contributed by atoms with E-state index in [2.05, 4.69) is 0 Å². The van der Waals surface area contributed by atoms with Crippen LogP contribution in [0.25, 0.3) is 10.9 Å². The first-order chi connectivity index (χ1) is 7.47. The fourth-order valence-electron chi connectivity index (χ4n) is 1.82. The predicted molar refractivity (Wildman–Crippen MR) is 57.3 cm³/mol. The van der Waals surface area contributed by atoms with Gasteiger partial charge in [-0.3, -0.25) is 0 Å². The van der Waals surface area contributed by atoms with Crippen LogP contribution in [0.2, 0.25) is 0 Å². The average Bonchev–Trinajstić information content (AvgIpc) is 2.58. The maximum atomic E-state index is 12.1. The van der Waals surface area contributed by atoms with Gasteiger partial charge in [0.25, 0.3) is 0 Å². The Bertz CT molecular complexity index is 496. The minimum absolute atomic E-state index is 0.0174. The Morgan fingerprint density at radius 3 is 2.62 bits per heavy atom. The highest BCUT2D eigenvalue weighted by atomic mass is 19.4. The first-order valence-corrected chi connectivity index (χ1v) is 5.08. The van der Waals surface area contributed by atoms with Crippen molar-refractivity contribution < 1.29 is 13.2 Å². The van der Waals surface area contributed by atoms with Crippen LogP contribution in [0.4, 0.5) is 13.2 Å². The Labute approximate surface area is 91.5 Å². The van der Waals surface area contributed by atoms with Crippen molar-refractivity contribution in [2.24, 2.45) is 0 Å². The highest BCUT2D eigenvalue weighted by Gasteiger charge is 2.26. The molecule has 1 aromatic carbocycles. The van der Waals surface area contributed by atoms with Crippen LogP contribution in [0.5, 0.6) is 0 Å². The maximum absolute atomic E-state index is 12.1. The summed E-state index contributed by atoms with van der Waals surface area (Å²) < 4.78 is 38.0. The molecule has 0 bridgehead atoms. The van der Waals surface area contributed by atoms with E-state index < -0.39 is 12.6 Å². The van der Waals surface area contributed by atoms with Crippen molar-refractivity contribution in [1.82, 2.24) is 4.57 Å². The molecule has 0 aliphatic rings. The van der Waals surface area contributed by atoms with E-state index >= 15 is 0 Å². The molecular weight excluding hydrogens is 215 g/mol. The van der Waals surface area contributed by atoms with Crippen LogP contribution >= 0.6 is 0 Å². The second-order valence-electron chi connectivity index (χ2n) is 3.88. The van der Waals surface area contributed by atoms with Crippen LogP contribution in [0.1, 0.15) is 12.0 Å². The number of hydrogen-bond acceptors (Lipinski definition) is 0. The van der Waals surface area contributed by atoms with Gasteiger partial charge in [-0.25, -0.2) is 0 Å². The molecule has 0 saturated heterocycles. The molecule has 4 heteroatoms. The van der Waals surface area contributed by atoms with Crippen molar-refractivity contribution in [3.05, 3.63) is 36.0 Å². The van der Waals surface area contributed by atoms with E-state index in [1.807, 2.05) is 31.2 Å². The van der Waals surface area contributed by atoms with Crippen molar-refractivity contribution >= 4 is 10.9 Å². The van der Waals surface area contributed by atoms with Crippen LogP contribution in [0.15, 0.2) is 30.5 Å². The minimum Gasteiger partial charge on any atom is -0.347 e. The number of halogens is 3. The van der Waals surface area contributed by atoms with Gasteiger partial charge in [-0.15, -0.1) is 0 Å². The lowest BCUT2D eigenvalue weighted by Gasteiger charge is -2.08. The molecule has 0 N–H and O–H groups in total. The lowest BCUT2D eigenvalue weighted by atomic mass is 10.1. The van der Waals surface area contributed by atoms with Gasteiger partial charge < -0.3 is 4.57 Å². The van der Waals surface area contributed by atoms with Crippen LogP contribution < -0.4 is 0 Å². The molecule has 1 nitrogen and oxygen atoms in total. The fraction of sp³-hybridized carbons (Fsp3) is 0.333. The number of aryl methyl sites for hydroxylation is 2. The summed E-state index contributed by atoms with van der Waals surface area (Å²) in [6, 6.07) is 7.53. The van der Waals surface area contributed by atoms with Gasteiger partial charge in [-0.2, -0.15) is 13.2 Å². The zero-order chi connectivity index (χ0) is 11.8. The number of benzene rings is 1. The highest BCUT2D eigenvalue weighted by molar-refractivity contribution is 5.83. The third kappa shape index (κ3) is 2.21. The van der Waals surface area contributed by atoms with Crippen LogP contribution in [0, 0.1) is 6.92 Å². The molecule has 0 fully saturated rings. The van der Waals surface area contributed by atoms with Crippen molar-refractivity contribution in [2.75, 3.05) is 0 Å². The first kappa shape index (κ1) is 11.0. The summed E-state index contributed by atoms with van der Waals surface area (Å²) in [6.07, 6.45) is -3.17. The van der Waals surface area contributed by atoms with E-state index in [4.69, 9.17) is 0 Å². The SMILES string of the molecule is Cc1cccc2c1ccn2CCC(F)(F)F. The summed E-state index contributed by atoms with van der Waals surface area (Å²) in [5.74, 6) is 0. The van der Waals surface area contributed by atoms with Crippen molar-refractivity contribution in [2.45, 2.75) is 26.1 Å². The number of fused-ring (bicyclic) bond motifs is 1. The Kier molecular flexibility index (Phi) is 2.66. The molecule has 0 spiro atoms. The molecule has 86 valence electrons. The minimum atomic E-state index is -4.10. The summed E-state index contributed by atoms with van der Waals surface area (Å²) >= 11 is 0. The fourth-order valence-corrected chi connectivity index (χ4v) is 1.82. The van der Waals surface area contributed by atoms with Crippen LogP contribution in [0.3, 0.4) is 0 Å². The Morgan fingerprint density at radius 1 is 1.19 bits per heavy atom. The van der Waals surface area contributed by atoms with Crippen molar-refractivity contribution in [1.29, 1.82) is 0 Å². The molecule has 0 unspecified atom stereocenters. The second-order valence-corrected chi connectivity index (χ2v) is 3.88. The molecule has 16 heavy (non-hydrogen) atoms. The topological polar surface area (TPSA) is 4.93 Å². The summed E-state index contributed by atoms with van der Waals surface area (Å²) in [5.41, 5.74) is 1.95. The van der Waals surface area contributed by atoms with E-state index in [-0.39, 0.29) is 6.54 Å². The first-order valence-electron chi connectivity index (χ1n) is 5.08. The molecule has 2 aromatic rings. The van der Waals surface area contributed by atoms with E-state index in [9.17, 15) is 13.2 Å². The third-order valence-electron chi connectivity index (χ3n) is 2.67. The normalized spacial score (nSPS) is 12.2. The van der Waals surface area contributed by atoms with E-state index in [1.165, 1.54) is 0 Å². The summed E-state index contributed by atoms with van der Waals surface area (Å²) in [7, 11) is 0. The molecule has 1 aromatic heterocycles. The number of rotatable bonds is 2. The monoisotopic (exact) mass is 227 g/mol. The van der Waals surface area contributed by atoms with Gasteiger partial charge in [-0.05, 0) is 24.6 Å². The zero-order valence-corrected chi connectivity index (χ0v) is 8.88. The quantitative estimate of drug-likeness (QED) is 0.733. The maximum Gasteiger partial charge on any atom is 0.390 e. The van der Waals surface area contributed by atoms with Crippen LogP contribution in [-0.2, 0) is 6.54 Å². The van der Waals surface area contributed by atoms with Gasteiger partial charge in [0.05, 0.1) is 6.42 Å². The van der Waals surface area contributed by atoms with Crippen molar-refractivity contribution in [3.63, 3.8) is 0 Å². The Balaban J connectivity index is 2.29. The molecule has 2 rings (SSSR count). The molecule has 0 atom stereocenters. The van der Waals surface area contributed by atoms with E-state index in [0.29, 0.717) is 0 Å². The standard InChI is InChI=1S/C12H12F3N/c1-9-3-2-4-11-10(9)5-7-16(11)8-6-12(13,14)15/h2-5,7H,6,8H2,1H3. The lowest BCUT2D eigenvalue weighted by Crippen LogP contribution is -2.11. The Morgan fingerprint density at radius 2 is 1.94 bits per heavy atom. The van der Waals surface area contributed by atoms with Gasteiger partial charge in [-0.1, -0.05) is 12.1 Å². The van der Waals surface area contributed by atoms with Gasteiger partial charge in [0, 0.05) is 23.6 Å². The number of alkyl halides is 3. The molecule has 0 aliphatic carbocycles. The predicted octanol–water partition coefficient (Wildman–Crippen LogP) is 3.90. The second kappa shape index (κ2) is 3.85.